The molecule has 4 aliphatic rings. The highest BCUT2D eigenvalue weighted by atomic mass is 16.5. The number of aryl methyl sites for hydroxylation is 1. The Kier molecular flexibility index (Phi) is 3.39. The minimum Gasteiger partial charge on any atom is -0.345 e. The van der Waals surface area contributed by atoms with E-state index in [2.05, 4.69) is 24.0 Å². The maximum atomic E-state index is 13.4. The molecular weight excluding hydrogens is 302 g/mol. The van der Waals surface area contributed by atoms with Gasteiger partial charge in [0.05, 0.1) is 5.41 Å². The van der Waals surface area contributed by atoms with Crippen LogP contribution in [0, 0.1) is 29.1 Å². The molecule has 0 saturated heterocycles. The fourth-order valence-corrected chi connectivity index (χ4v) is 6.90. The van der Waals surface area contributed by atoms with Gasteiger partial charge in [-0.25, -0.2) is 0 Å². The molecule has 0 aliphatic heterocycles. The highest BCUT2D eigenvalue weighted by molar-refractivity contribution is 5.83. The Hall–Kier alpha value is -1.39. The van der Waals surface area contributed by atoms with E-state index < -0.39 is 0 Å². The van der Waals surface area contributed by atoms with E-state index >= 15 is 0 Å². The van der Waals surface area contributed by atoms with Gasteiger partial charge in [-0.1, -0.05) is 19.0 Å². The SMILES string of the molecule is Cc1nc(CCN(C)C(=O)C23CC4C[C@](C)(C2)C[C@](C)(C4)C3)no1. The maximum Gasteiger partial charge on any atom is 0.228 e. The molecule has 2 atom stereocenters. The van der Waals surface area contributed by atoms with Crippen LogP contribution in [0.4, 0.5) is 0 Å². The minimum atomic E-state index is -0.120. The van der Waals surface area contributed by atoms with Crippen LogP contribution in [0.5, 0.6) is 0 Å². The van der Waals surface area contributed by atoms with E-state index in [0.29, 0.717) is 41.4 Å². The first kappa shape index (κ1) is 16.1. The van der Waals surface area contributed by atoms with Crippen LogP contribution in [-0.2, 0) is 11.2 Å². The fourth-order valence-electron chi connectivity index (χ4n) is 6.90. The Labute approximate surface area is 144 Å². The molecule has 4 fully saturated rings. The molecule has 0 N–H and O–H groups in total. The summed E-state index contributed by atoms with van der Waals surface area (Å²) >= 11 is 0. The lowest BCUT2D eigenvalue weighted by molar-refractivity contribution is -0.178. The van der Waals surface area contributed by atoms with E-state index in [1.165, 1.54) is 19.3 Å². The van der Waals surface area contributed by atoms with Crippen molar-refractivity contribution in [3.63, 3.8) is 0 Å². The van der Waals surface area contributed by atoms with E-state index in [0.717, 1.165) is 25.2 Å². The molecule has 1 aromatic heterocycles. The summed E-state index contributed by atoms with van der Waals surface area (Å²) in [6.07, 6.45) is 7.87. The highest BCUT2D eigenvalue weighted by Crippen LogP contribution is 2.69. The number of hydrogen-bond acceptors (Lipinski definition) is 4. The number of carbonyl (C=O) groups excluding carboxylic acids is 1. The molecule has 0 unspecified atom stereocenters. The number of carbonyl (C=O) groups is 1. The van der Waals surface area contributed by atoms with Crippen molar-refractivity contribution in [2.75, 3.05) is 13.6 Å². The van der Waals surface area contributed by atoms with Gasteiger partial charge in [-0.05, 0) is 55.3 Å². The van der Waals surface area contributed by atoms with Gasteiger partial charge in [-0.3, -0.25) is 4.79 Å². The summed E-state index contributed by atoms with van der Waals surface area (Å²) in [5.74, 6) is 2.37. The molecule has 1 amide bonds. The maximum absolute atomic E-state index is 13.4. The molecule has 5 rings (SSSR count). The zero-order valence-electron chi connectivity index (χ0n) is 15.4. The molecule has 0 radical (unpaired) electrons. The van der Waals surface area contributed by atoms with Gasteiger partial charge in [0.15, 0.2) is 5.82 Å². The summed E-state index contributed by atoms with van der Waals surface area (Å²) in [5.41, 5.74) is 0.621. The van der Waals surface area contributed by atoms with Crippen LogP contribution in [0.3, 0.4) is 0 Å². The molecule has 5 heteroatoms. The molecule has 1 heterocycles. The van der Waals surface area contributed by atoms with Crippen molar-refractivity contribution in [1.82, 2.24) is 15.0 Å². The lowest BCUT2D eigenvalue weighted by Gasteiger charge is -2.65. The van der Waals surface area contributed by atoms with Crippen LogP contribution in [0.15, 0.2) is 4.52 Å². The average Bonchev–Trinajstić information content (AvgIpc) is 2.85. The van der Waals surface area contributed by atoms with Crippen molar-refractivity contribution in [3.8, 4) is 0 Å². The summed E-state index contributed by atoms with van der Waals surface area (Å²) in [5, 5.41) is 3.94. The second kappa shape index (κ2) is 5.06. The first-order chi connectivity index (χ1) is 11.2. The first-order valence-electron chi connectivity index (χ1n) is 9.26. The summed E-state index contributed by atoms with van der Waals surface area (Å²) in [6, 6.07) is 0. The van der Waals surface area contributed by atoms with Gasteiger partial charge in [0.25, 0.3) is 0 Å². The molecule has 132 valence electrons. The summed E-state index contributed by atoms with van der Waals surface area (Å²) in [4.78, 5) is 19.5. The standard InChI is InChI=1S/C19H29N3O2/c1-13-20-15(21-24-13)5-6-22(4)16(23)19-9-14-7-17(2,11-19)10-18(3,8-14)12-19/h14H,5-12H2,1-4H3/t14?,17-,18-,19?/m0/s1. The predicted octanol–water partition coefficient (Wildman–Crippen LogP) is 3.38. The van der Waals surface area contributed by atoms with Gasteiger partial charge in [0, 0.05) is 26.9 Å². The van der Waals surface area contributed by atoms with E-state index in [9.17, 15) is 4.79 Å². The molecule has 1 aromatic rings. The monoisotopic (exact) mass is 331 g/mol. The summed E-state index contributed by atoms with van der Waals surface area (Å²) < 4.78 is 5.02. The number of hydrogen-bond donors (Lipinski definition) is 0. The molecule has 0 aromatic carbocycles. The average molecular weight is 331 g/mol. The predicted molar refractivity (Wildman–Crippen MR) is 90.2 cm³/mol. The van der Waals surface area contributed by atoms with Crippen molar-refractivity contribution in [2.45, 2.75) is 65.7 Å². The molecule has 0 spiro atoms. The third-order valence-electron chi connectivity index (χ3n) is 6.67. The van der Waals surface area contributed by atoms with E-state index in [1.807, 2.05) is 11.9 Å². The van der Waals surface area contributed by atoms with Crippen LogP contribution in [0.1, 0.15) is 64.1 Å². The van der Waals surface area contributed by atoms with Crippen molar-refractivity contribution >= 4 is 5.91 Å². The lowest BCUT2D eigenvalue weighted by atomic mass is 9.40. The number of rotatable bonds is 4. The third kappa shape index (κ3) is 2.56. The molecule has 4 saturated carbocycles. The number of likely N-dealkylation sites (N-methyl/N-ethyl adjacent to an activating group) is 1. The van der Waals surface area contributed by atoms with Crippen LogP contribution in [-0.4, -0.2) is 34.5 Å². The Morgan fingerprint density at radius 1 is 1.21 bits per heavy atom. The zero-order valence-corrected chi connectivity index (χ0v) is 15.4. The van der Waals surface area contributed by atoms with Crippen LogP contribution < -0.4 is 0 Å². The largest absolute Gasteiger partial charge is 0.345 e. The van der Waals surface area contributed by atoms with Gasteiger partial charge >= 0.3 is 0 Å². The van der Waals surface area contributed by atoms with Gasteiger partial charge in [-0.15, -0.1) is 0 Å². The van der Waals surface area contributed by atoms with Crippen LogP contribution in [0.25, 0.3) is 0 Å². The lowest BCUT2D eigenvalue weighted by Crippen LogP contribution is -2.60. The Balaban J connectivity index is 1.49. The smallest absolute Gasteiger partial charge is 0.228 e. The van der Waals surface area contributed by atoms with Gasteiger partial charge in [0.1, 0.15) is 0 Å². The van der Waals surface area contributed by atoms with E-state index in [1.54, 1.807) is 6.92 Å². The molecule has 5 nitrogen and oxygen atoms in total. The molecule has 24 heavy (non-hydrogen) atoms. The second-order valence-electron chi connectivity index (χ2n) is 9.62. The third-order valence-corrected chi connectivity index (χ3v) is 6.67. The number of aromatic nitrogens is 2. The first-order valence-corrected chi connectivity index (χ1v) is 9.26. The summed E-state index contributed by atoms with van der Waals surface area (Å²) in [6.45, 7) is 7.29. The quantitative estimate of drug-likeness (QED) is 0.848. The van der Waals surface area contributed by atoms with E-state index in [-0.39, 0.29) is 5.41 Å². The van der Waals surface area contributed by atoms with Gasteiger partial charge in [-0.2, -0.15) is 4.98 Å². The number of amides is 1. The molecule has 4 aliphatic carbocycles. The topological polar surface area (TPSA) is 59.2 Å². The van der Waals surface area contributed by atoms with Crippen molar-refractivity contribution in [1.29, 1.82) is 0 Å². The Morgan fingerprint density at radius 2 is 1.88 bits per heavy atom. The highest BCUT2D eigenvalue weighted by Gasteiger charge is 2.63. The second-order valence-corrected chi connectivity index (χ2v) is 9.62. The number of nitrogens with zero attached hydrogens (tertiary/aromatic N) is 3. The zero-order chi connectivity index (χ0) is 17.2. The van der Waals surface area contributed by atoms with Gasteiger partial charge in [0.2, 0.25) is 11.8 Å². The van der Waals surface area contributed by atoms with Crippen LogP contribution >= 0.6 is 0 Å². The minimum absolute atomic E-state index is 0.120. The molecule has 4 bridgehead atoms. The fraction of sp³-hybridized carbons (Fsp3) is 0.842. The Bertz CT molecular complexity index is 649. The van der Waals surface area contributed by atoms with Crippen molar-refractivity contribution < 1.29 is 9.32 Å². The van der Waals surface area contributed by atoms with Gasteiger partial charge < -0.3 is 9.42 Å². The van der Waals surface area contributed by atoms with Crippen molar-refractivity contribution in [3.05, 3.63) is 11.7 Å². The Morgan fingerprint density at radius 3 is 2.42 bits per heavy atom. The van der Waals surface area contributed by atoms with Crippen LogP contribution in [0.2, 0.25) is 0 Å². The van der Waals surface area contributed by atoms with E-state index in [4.69, 9.17) is 4.52 Å². The molecular formula is C19H29N3O2. The summed E-state index contributed by atoms with van der Waals surface area (Å²) in [7, 11) is 1.94. The van der Waals surface area contributed by atoms with Crippen molar-refractivity contribution in [2.24, 2.45) is 22.2 Å². The normalized spacial score (nSPS) is 40.1.